The molecule has 1 aromatic carbocycles. The Labute approximate surface area is 203 Å². The third kappa shape index (κ3) is 4.59. The van der Waals surface area contributed by atoms with Gasteiger partial charge >= 0.3 is 0 Å². The van der Waals surface area contributed by atoms with Gasteiger partial charge in [-0.1, -0.05) is 12.1 Å². The zero-order chi connectivity index (χ0) is 23.8. The summed E-state index contributed by atoms with van der Waals surface area (Å²) in [6.07, 6.45) is 4.55. The molecule has 0 radical (unpaired) electrons. The number of anilines is 2. The topological polar surface area (TPSA) is 107 Å². The molecule has 182 valence electrons. The van der Waals surface area contributed by atoms with Crippen LogP contribution in [0, 0.1) is 5.92 Å². The first kappa shape index (κ1) is 22.0. The van der Waals surface area contributed by atoms with E-state index in [0.717, 1.165) is 62.3 Å². The van der Waals surface area contributed by atoms with Gasteiger partial charge in [0.25, 0.3) is 0 Å². The molecule has 10 heteroatoms. The molecule has 0 amide bonds. The molecule has 2 N–H and O–H groups in total. The highest BCUT2D eigenvalue weighted by molar-refractivity contribution is 5.95. The Morgan fingerprint density at radius 2 is 1.97 bits per heavy atom. The van der Waals surface area contributed by atoms with Crippen LogP contribution in [0.25, 0.3) is 16.6 Å². The second-order valence-electron chi connectivity index (χ2n) is 9.33. The van der Waals surface area contributed by atoms with E-state index in [1.165, 1.54) is 18.4 Å². The molecule has 3 aromatic heterocycles. The lowest BCUT2D eigenvalue weighted by Crippen LogP contribution is -2.36. The van der Waals surface area contributed by atoms with Gasteiger partial charge in [0.1, 0.15) is 17.1 Å². The van der Waals surface area contributed by atoms with Crippen LogP contribution in [-0.2, 0) is 17.8 Å². The summed E-state index contributed by atoms with van der Waals surface area (Å²) in [5, 5.41) is 5.57. The largest absolute Gasteiger partial charge is 0.494 e. The maximum absolute atomic E-state index is 6.24. The molecule has 0 bridgehead atoms. The highest BCUT2D eigenvalue weighted by Gasteiger charge is 2.26. The Morgan fingerprint density at radius 1 is 1.11 bits per heavy atom. The normalized spacial score (nSPS) is 16.5. The Balaban J connectivity index is 1.24. The SMILES string of the molecule is COc1cccc2c1nc(N)n1nc(CN(Cc3ccc(N4CCOCC4)nc3)CC3CC3)nc21. The summed E-state index contributed by atoms with van der Waals surface area (Å²) in [5.74, 6) is 3.45. The fourth-order valence-electron chi connectivity index (χ4n) is 4.70. The molecule has 1 saturated heterocycles. The van der Waals surface area contributed by atoms with Crippen LogP contribution >= 0.6 is 0 Å². The molecule has 1 saturated carbocycles. The second-order valence-corrected chi connectivity index (χ2v) is 9.33. The van der Waals surface area contributed by atoms with E-state index in [9.17, 15) is 0 Å². The summed E-state index contributed by atoms with van der Waals surface area (Å²) in [4.78, 5) is 18.8. The van der Waals surface area contributed by atoms with Crippen molar-refractivity contribution in [3.8, 4) is 5.75 Å². The zero-order valence-corrected chi connectivity index (χ0v) is 19.9. The molecule has 4 aromatic rings. The molecule has 10 nitrogen and oxygen atoms in total. The minimum atomic E-state index is 0.299. The van der Waals surface area contributed by atoms with Crippen LogP contribution in [-0.4, -0.2) is 69.4 Å². The van der Waals surface area contributed by atoms with Crippen LogP contribution in [0.15, 0.2) is 36.5 Å². The van der Waals surface area contributed by atoms with Gasteiger partial charge in [0.15, 0.2) is 11.5 Å². The predicted molar refractivity (Wildman–Crippen MR) is 133 cm³/mol. The van der Waals surface area contributed by atoms with E-state index in [4.69, 9.17) is 30.3 Å². The number of hydrogen-bond donors (Lipinski definition) is 1. The number of hydrogen-bond acceptors (Lipinski definition) is 9. The van der Waals surface area contributed by atoms with E-state index >= 15 is 0 Å². The lowest BCUT2D eigenvalue weighted by Gasteiger charge is -2.28. The molecule has 0 atom stereocenters. The number of aromatic nitrogens is 5. The third-order valence-corrected chi connectivity index (χ3v) is 6.68. The first-order valence-corrected chi connectivity index (χ1v) is 12.2. The molecule has 4 heterocycles. The second kappa shape index (κ2) is 9.27. The van der Waals surface area contributed by atoms with Crippen molar-refractivity contribution in [2.24, 2.45) is 5.92 Å². The summed E-state index contributed by atoms with van der Waals surface area (Å²) < 4.78 is 12.6. The van der Waals surface area contributed by atoms with Crippen molar-refractivity contribution in [1.29, 1.82) is 0 Å². The average molecular weight is 475 g/mol. The van der Waals surface area contributed by atoms with Gasteiger partial charge in [0, 0.05) is 37.8 Å². The van der Waals surface area contributed by atoms with Gasteiger partial charge in [-0.05, 0) is 42.5 Å². The van der Waals surface area contributed by atoms with Crippen molar-refractivity contribution in [3.63, 3.8) is 0 Å². The monoisotopic (exact) mass is 474 g/mol. The molecule has 1 aliphatic heterocycles. The van der Waals surface area contributed by atoms with Crippen LogP contribution in [0.2, 0.25) is 0 Å². The summed E-state index contributed by atoms with van der Waals surface area (Å²) in [5.41, 5.74) is 8.82. The van der Waals surface area contributed by atoms with Gasteiger partial charge < -0.3 is 20.1 Å². The number of para-hydroxylation sites is 1. The van der Waals surface area contributed by atoms with Gasteiger partial charge in [-0.3, -0.25) is 4.90 Å². The number of fused-ring (bicyclic) bond motifs is 3. The van der Waals surface area contributed by atoms with E-state index in [1.807, 2.05) is 24.4 Å². The minimum absolute atomic E-state index is 0.299. The average Bonchev–Trinajstić information content (AvgIpc) is 3.60. The molecule has 0 spiro atoms. The number of methoxy groups -OCH3 is 1. The first-order chi connectivity index (χ1) is 17.2. The van der Waals surface area contributed by atoms with E-state index in [0.29, 0.717) is 29.4 Å². The van der Waals surface area contributed by atoms with Gasteiger partial charge in [0.2, 0.25) is 5.95 Å². The van der Waals surface area contributed by atoms with Gasteiger partial charge in [-0.2, -0.15) is 4.52 Å². The van der Waals surface area contributed by atoms with E-state index in [1.54, 1.807) is 11.6 Å². The fraction of sp³-hybridized carbons (Fsp3) is 0.440. The van der Waals surface area contributed by atoms with Crippen LogP contribution in [0.1, 0.15) is 24.2 Å². The fourth-order valence-corrected chi connectivity index (χ4v) is 4.70. The van der Waals surface area contributed by atoms with Crippen LogP contribution in [0.3, 0.4) is 0 Å². The number of pyridine rings is 1. The van der Waals surface area contributed by atoms with Crippen LogP contribution < -0.4 is 15.4 Å². The van der Waals surface area contributed by atoms with Crippen molar-refractivity contribution < 1.29 is 9.47 Å². The smallest absolute Gasteiger partial charge is 0.223 e. The minimum Gasteiger partial charge on any atom is -0.494 e. The summed E-state index contributed by atoms with van der Waals surface area (Å²) in [7, 11) is 1.63. The highest BCUT2D eigenvalue weighted by Crippen LogP contribution is 2.31. The highest BCUT2D eigenvalue weighted by atomic mass is 16.5. The van der Waals surface area contributed by atoms with Crippen molar-refractivity contribution in [1.82, 2.24) is 29.5 Å². The van der Waals surface area contributed by atoms with Gasteiger partial charge in [-0.15, -0.1) is 5.10 Å². The summed E-state index contributed by atoms with van der Waals surface area (Å²) >= 11 is 0. The van der Waals surface area contributed by atoms with Crippen LogP contribution in [0.4, 0.5) is 11.8 Å². The predicted octanol–water partition coefficient (Wildman–Crippen LogP) is 2.51. The van der Waals surface area contributed by atoms with Crippen LogP contribution in [0.5, 0.6) is 5.75 Å². The number of benzene rings is 1. The Morgan fingerprint density at radius 3 is 2.71 bits per heavy atom. The Hall–Kier alpha value is -3.50. The van der Waals surface area contributed by atoms with Crippen molar-refractivity contribution in [2.45, 2.75) is 25.9 Å². The van der Waals surface area contributed by atoms with Gasteiger partial charge in [-0.25, -0.2) is 15.0 Å². The maximum Gasteiger partial charge on any atom is 0.223 e. The molecule has 35 heavy (non-hydrogen) atoms. The van der Waals surface area contributed by atoms with Crippen molar-refractivity contribution in [2.75, 3.05) is 50.6 Å². The molecule has 0 unspecified atom stereocenters. The maximum atomic E-state index is 6.24. The van der Waals surface area contributed by atoms with E-state index in [-0.39, 0.29) is 0 Å². The molecular weight excluding hydrogens is 444 g/mol. The molecule has 1 aliphatic carbocycles. The van der Waals surface area contributed by atoms with Crippen molar-refractivity contribution >= 4 is 28.3 Å². The summed E-state index contributed by atoms with van der Waals surface area (Å²) in [6, 6.07) is 10.1. The number of nitrogens with zero attached hydrogens (tertiary/aromatic N) is 7. The zero-order valence-electron chi connectivity index (χ0n) is 19.9. The Bertz CT molecular complexity index is 1330. The number of ether oxygens (including phenoxy) is 2. The number of rotatable bonds is 8. The van der Waals surface area contributed by atoms with Crippen molar-refractivity contribution in [3.05, 3.63) is 47.9 Å². The number of morpholine rings is 1. The molecule has 2 aliphatic rings. The molecular formula is C25H30N8O2. The lowest BCUT2D eigenvalue weighted by atomic mass is 10.2. The lowest BCUT2D eigenvalue weighted by molar-refractivity contribution is 0.122. The first-order valence-electron chi connectivity index (χ1n) is 12.2. The third-order valence-electron chi connectivity index (χ3n) is 6.68. The standard InChI is InChI=1S/C25H30N8O2/c1-34-20-4-2-3-19-23(20)29-25(26)33-24(19)28-21(30-33)16-31(14-17-5-6-17)15-18-7-8-22(27-13-18)32-9-11-35-12-10-32/h2-4,7-8,13,17H,5-6,9-12,14-16H2,1H3,(H2,26,29). The molecule has 6 rings (SSSR count). The van der Waals surface area contributed by atoms with E-state index in [2.05, 4.69) is 26.9 Å². The van der Waals surface area contributed by atoms with Gasteiger partial charge in [0.05, 0.1) is 26.9 Å². The quantitative estimate of drug-likeness (QED) is 0.412. The number of nitrogen functional groups attached to an aromatic ring is 1. The molecule has 2 fully saturated rings. The summed E-state index contributed by atoms with van der Waals surface area (Å²) in [6.45, 7) is 5.73. The van der Waals surface area contributed by atoms with E-state index < -0.39 is 0 Å². The number of nitrogens with two attached hydrogens (primary N) is 1. The Kier molecular flexibility index (Phi) is 5.83.